The second-order valence-electron chi connectivity index (χ2n) is 7.74. The van der Waals surface area contributed by atoms with Crippen molar-refractivity contribution in [2.24, 2.45) is 0 Å². The van der Waals surface area contributed by atoms with Gasteiger partial charge in [-0.25, -0.2) is 20.2 Å². The summed E-state index contributed by atoms with van der Waals surface area (Å²) >= 11 is 0. The van der Waals surface area contributed by atoms with Gasteiger partial charge >= 0.3 is 12.1 Å². The van der Waals surface area contributed by atoms with Crippen molar-refractivity contribution in [2.45, 2.75) is 19.1 Å². The van der Waals surface area contributed by atoms with Crippen LogP contribution in [0.1, 0.15) is 15.9 Å². The number of methoxy groups -OCH3 is 2. The Kier molecular flexibility index (Phi) is 6.66. The molecule has 0 bridgehead atoms. The molecule has 13 heteroatoms. The Morgan fingerprint density at radius 3 is 2.56 bits per heavy atom. The number of halogens is 3. The first-order valence-corrected chi connectivity index (χ1v) is 10.5. The Bertz CT molecular complexity index is 1330. The predicted molar refractivity (Wildman–Crippen MR) is 124 cm³/mol. The average Bonchev–Trinajstić information content (AvgIpc) is 3.34. The highest BCUT2D eigenvalue weighted by Crippen LogP contribution is 2.34. The zero-order valence-corrected chi connectivity index (χ0v) is 19.3. The first-order valence-electron chi connectivity index (χ1n) is 10.5. The number of ether oxygens (including phenoxy) is 2. The monoisotopic (exact) mass is 502 g/mol. The number of aromatic carboxylic acids is 1. The normalized spacial score (nSPS) is 15.2. The number of aromatic nitrogens is 3. The Morgan fingerprint density at radius 2 is 1.92 bits per heavy atom. The van der Waals surface area contributed by atoms with Gasteiger partial charge in [-0.15, -0.1) is 0 Å². The van der Waals surface area contributed by atoms with Crippen LogP contribution in [0.2, 0.25) is 0 Å². The summed E-state index contributed by atoms with van der Waals surface area (Å²) < 4.78 is 50.1. The van der Waals surface area contributed by atoms with Crippen LogP contribution in [-0.4, -0.2) is 52.5 Å². The van der Waals surface area contributed by atoms with Gasteiger partial charge in [0.2, 0.25) is 11.8 Å². The molecule has 1 aromatic carbocycles. The molecule has 4 rings (SSSR count). The third kappa shape index (κ3) is 5.15. The molecular weight excluding hydrogens is 481 g/mol. The number of benzene rings is 1. The van der Waals surface area contributed by atoms with E-state index in [0.717, 1.165) is 16.6 Å². The molecule has 0 saturated carbocycles. The van der Waals surface area contributed by atoms with Crippen molar-refractivity contribution in [3.8, 4) is 22.8 Å². The zero-order chi connectivity index (χ0) is 26.0. The second kappa shape index (κ2) is 9.70. The van der Waals surface area contributed by atoms with Gasteiger partial charge in [0.15, 0.2) is 5.82 Å². The molecule has 0 aliphatic carbocycles. The number of pyridine rings is 1. The van der Waals surface area contributed by atoms with E-state index in [1.807, 2.05) is 19.1 Å². The highest BCUT2D eigenvalue weighted by Gasteiger charge is 2.41. The molecule has 1 aliphatic heterocycles. The number of carbonyl (C=O) groups is 1. The minimum absolute atomic E-state index is 0.0402. The topological polar surface area (TPSA) is 122 Å². The van der Waals surface area contributed by atoms with E-state index in [2.05, 4.69) is 25.7 Å². The van der Waals surface area contributed by atoms with E-state index < -0.39 is 18.2 Å². The fourth-order valence-corrected chi connectivity index (χ4v) is 3.52. The van der Waals surface area contributed by atoms with Crippen molar-refractivity contribution in [3.05, 3.63) is 60.1 Å². The summed E-state index contributed by atoms with van der Waals surface area (Å²) in [6.07, 6.45) is 0.296. The number of anilines is 3. The number of nitrogens with zero attached hydrogens (tertiary/aromatic N) is 4. The zero-order valence-electron chi connectivity index (χ0n) is 19.3. The molecule has 10 nitrogen and oxygen atoms in total. The number of hydrogen-bond donors (Lipinski definition) is 3. The number of hydrogen-bond acceptors (Lipinski definition) is 9. The number of nitrogens with one attached hydrogen (secondary N) is 2. The standard InChI is InChI=1S/C23H21F3N6O4/c1-12-6-14(9-15(7-12)35-2)29-22-28-11-17(13-8-16(21(33)34)20(36-3)27-10-13)19(30-22)32-5-4-18(31-32)23(24,25)26/h4-11,18,31H,1-3H3,(H,33,34)(H,28,29,30). The predicted octanol–water partition coefficient (Wildman–Crippen LogP) is 4.08. The highest BCUT2D eigenvalue weighted by molar-refractivity contribution is 5.92. The summed E-state index contributed by atoms with van der Waals surface area (Å²) in [6.45, 7) is 1.87. The smallest absolute Gasteiger partial charge is 0.409 e. The number of alkyl halides is 3. The van der Waals surface area contributed by atoms with E-state index in [1.54, 1.807) is 6.07 Å². The Morgan fingerprint density at radius 1 is 1.14 bits per heavy atom. The van der Waals surface area contributed by atoms with Crippen LogP contribution in [0.25, 0.3) is 11.1 Å². The average molecular weight is 502 g/mol. The van der Waals surface area contributed by atoms with E-state index in [9.17, 15) is 23.1 Å². The van der Waals surface area contributed by atoms with Crippen molar-refractivity contribution in [1.29, 1.82) is 0 Å². The molecule has 1 aliphatic rings. The number of carboxylic acids is 1. The van der Waals surface area contributed by atoms with Gasteiger partial charge in [0, 0.05) is 41.5 Å². The lowest BCUT2D eigenvalue weighted by Gasteiger charge is -2.23. The van der Waals surface area contributed by atoms with Crippen molar-refractivity contribution < 1.29 is 32.5 Å². The lowest BCUT2D eigenvalue weighted by Crippen LogP contribution is -2.44. The summed E-state index contributed by atoms with van der Waals surface area (Å²) in [7, 11) is 2.80. The third-order valence-electron chi connectivity index (χ3n) is 5.18. The number of carboxylic acid groups (broad SMARTS) is 1. The molecule has 0 amide bonds. The fourth-order valence-electron chi connectivity index (χ4n) is 3.52. The van der Waals surface area contributed by atoms with Crippen molar-refractivity contribution in [3.63, 3.8) is 0 Å². The second-order valence-corrected chi connectivity index (χ2v) is 7.74. The SMILES string of the molecule is COc1cc(C)cc(Nc2ncc(-c3cnc(OC)c(C(=O)O)c3)c(N3C=CC(C(F)(F)F)N3)n2)c1. The van der Waals surface area contributed by atoms with Crippen molar-refractivity contribution >= 4 is 23.4 Å². The van der Waals surface area contributed by atoms with Gasteiger partial charge in [0.1, 0.15) is 17.4 Å². The maximum absolute atomic E-state index is 13.3. The van der Waals surface area contributed by atoms with Crippen molar-refractivity contribution in [1.82, 2.24) is 20.4 Å². The molecule has 0 saturated heterocycles. The molecule has 0 radical (unpaired) electrons. The summed E-state index contributed by atoms with van der Waals surface area (Å²) in [4.78, 5) is 24.4. The molecular formula is C23H21F3N6O4. The van der Waals surface area contributed by atoms with E-state index in [1.165, 1.54) is 38.9 Å². The van der Waals surface area contributed by atoms with Gasteiger partial charge in [-0.3, -0.25) is 5.01 Å². The van der Waals surface area contributed by atoms with Gasteiger partial charge in [-0.1, -0.05) is 0 Å². The number of rotatable bonds is 7. The van der Waals surface area contributed by atoms with E-state index in [-0.39, 0.29) is 34.3 Å². The molecule has 2 aromatic heterocycles. The molecule has 1 unspecified atom stereocenters. The lowest BCUT2D eigenvalue weighted by molar-refractivity contribution is -0.142. The molecule has 188 valence electrons. The van der Waals surface area contributed by atoms with E-state index >= 15 is 0 Å². The minimum Gasteiger partial charge on any atom is -0.497 e. The van der Waals surface area contributed by atoms with Crippen LogP contribution in [0.15, 0.2) is 48.9 Å². The molecule has 1 atom stereocenters. The summed E-state index contributed by atoms with van der Waals surface area (Å²) in [6, 6.07) is 4.72. The van der Waals surface area contributed by atoms with E-state index in [0.29, 0.717) is 11.4 Å². The summed E-state index contributed by atoms with van der Waals surface area (Å²) in [5, 5.41) is 13.6. The Balaban J connectivity index is 1.78. The molecule has 0 spiro atoms. The van der Waals surface area contributed by atoms with Gasteiger partial charge < -0.3 is 19.9 Å². The maximum atomic E-state index is 13.3. The van der Waals surface area contributed by atoms with Crippen LogP contribution in [0.4, 0.5) is 30.6 Å². The quantitative estimate of drug-likeness (QED) is 0.436. The number of hydrazine groups is 1. The van der Waals surface area contributed by atoms with Crippen LogP contribution in [0.3, 0.4) is 0 Å². The summed E-state index contributed by atoms with van der Waals surface area (Å²) in [5.41, 5.74) is 4.10. The molecule has 3 aromatic rings. The van der Waals surface area contributed by atoms with Crippen LogP contribution in [-0.2, 0) is 0 Å². The van der Waals surface area contributed by atoms with Crippen LogP contribution in [0, 0.1) is 6.92 Å². The largest absolute Gasteiger partial charge is 0.497 e. The third-order valence-corrected chi connectivity index (χ3v) is 5.18. The van der Waals surface area contributed by atoms with Crippen LogP contribution >= 0.6 is 0 Å². The first kappa shape index (κ1) is 24.7. The fraction of sp³-hybridized carbons (Fsp3) is 0.217. The molecule has 3 N–H and O–H groups in total. The maximum Gasteiger partial charge on any atom is 0.409 e. The molecule has 36 heavy (non-hydrogen) atoms. The summed E-state index contributed by atoms with van der Waals surface area (Å²) in [5.74, 6) is -0.675. The van der Waals surface area contributed by atoms with Crippen molar-refractivity contribution in [2.75, 3.05) is 24.5 Å². The highest BCUT2D eigenvalue weighted by atomic mass is 19.4. The van der Waals surface area contributed by atoms with Crippen LogP contribution in [0.5, 0.6) is 11.6 Å². The lowest BCUT2D eigenvalue weighted by atomic mass is 10.1. The Labute approximate surface area is 203 Å². The van der Waals surface area contributed by atoms with Gasteiger partial charge in [0.25, 0.3) is 0 Å². The first-order chi connectivity index (χ1) is 17.1. The van der Waals surface area contributed by atoms with Gasteiger partial charge in [0.05, 0.1) is 14.2 Å². The van der Waals surface area contributed by atoms with Crippen LogP contribution < -0.4 is 25.2 Å². The minimum atomic E-state index is -4.53. The van der Waals surface area contributed by atoms with E-state index in [4.69, 9.17) is 9.47 Å². The Hall–Kier alpha value is -4.39. The van der Waals surface area contributed by atoms with Gasteiger partial charge in [-0.2, -0.15) is 18.2 Å². The molecule has 3 heterocycles. The molecule has 0 fully saturated rings. The van der Waals surface area contributed by atoms with Gasteiger partial charge in [-0.05, 0) is 36.8 Å². The number of aryl methyl sites for hydroxylation is 1.